The molecular weight excluding hydrogens is 506 g/mol. The van der Waals surface area contributed by atoms with Crippen molar-refractivity contribution in [2.45, 2.75) is 75.7 Å². The van der Waals surface area contributed by atoms with Crippen molar-refractivity contribution in [1.82, 2.24) is 20.1 Å². The predicted octanol–water partition coefficient (Wildman–Crippen LogP) is 7.76. The van der Waals surface area contributed by atoms with Crippen LogP contribution in [0.2, 0.25) is 10.0 Å². The van der Waals surface area contributed by atoms with Crippen LogP contribution in [0.4, 0.5) is 4.39 Å². The number of unbranched alkanes of at least 4 members (excludes halogenated alkanes) is 6. The zero-order valence-electron chi connectivity index (χ0n) is 19.9. The van der Waals surface area contributed by atoms with Gasteiger partial charge in [-0.1, -0.05) is 92.5 Å². The number of nitrogens with zero attached hydrogens (tertiary/aromatic N) is 3. The normalized spacial score (nSPS) is 11.1. The van der Waals surface area contributed by atoms with Crippen molar-refractivity contribution >= 4 is 40.9 Å². The summed E-state index contributed by atoms with van der Waals surface area (Å²) in [5.41, 5.74) is 1.64. The average molecular weight is 538 g/mol. The molecule has 0 aliphatic rings. The summed E-state index contributed by atoms with van der Waals surface area (Å²) >= 11 is 14.0. The zero-order valence-corrected chi connectivity index (χ0v) is 22.2. The van der Waals surface area contributed by atoms with Crippen LogP contribution in [0.3, 0.4) is 0 Å². The van der Waals surface area contributed by atoms with Crippen LogP contribution in [0.5, 0.6) is 0 Å². The van der Waals surface area contributed by atoms with Gasteiger partial charge in [-0.15, -0.1) is 10.2 Å². The summed E-state index contributed by atoms with van der Waals surface area (Å²) in [6, 6.07) is 11.6. The Labute approximate surface area is 220 Å². The Morgan fingerprint density at radius 3 is 2.43 bits per heavy atom. The number of nitrogens with one attached hydrogen (secondary N) is 1. The van der Waals surface area contributed by atoms with Crippen LogP contribution in [0.15, 0.2) is 47.6 Å². The molecule has 1 N–H and O–H groups in total. The quantitative estimate of drug-likeness (QED) is 0.169. The van der Waals surface area contributed by atoms with Crippen molar-refractivity contribution < 1.29 is 9.18 Å². The van der Waals surface area contributed by atoms with Gasteiger partial charge in [-0.2, -0.15) is 0 Å². The monoisotopic (exact) mass is 536 g/mol. The Bertz CT molecular complexity index is 1090. The molecule has 1 amide bonds. The maximum Gasteiger partial charge on any atom is 0.220 e. The molecule has 0 bridgehead atoms. The molecule has 0 saturated carbocycles. The first kappa shape index (κ1) is 27.5. The van der Waals surface area contributed by atoms with Crippen molar-refractivity contribution in [2.24, 2.45) is 0 Å². The molecule has 5 nitrogen and oxygen atoms in total. The van der Waals surface area contributed by atoms with E-state index in [1.807, 2.05) is 4.57 Å². The standard InChI is InChI=1S/C26H31Cl2FN4OS/c1-2-3-4-5-6-7-8-9-25(34)30-17-24-31-32-26(35-18-19-10-13-21(29)14-11-19)33(24)23-15-12-20(27)16-22(23)28/h10-16H,2-9,17-18H2,1H3,(H,30,34). The summed E-state index contributed by atoms with van der Waals surface area (Å²) in [6.45, 7) is 2.44. The number of benzene rings is 2. The minimum absolute atomic E-state index is 0.00386. The van der Waals surface area contributed by atoms with Crippen LogP contribution >= 0.6 is 35.0 Å². The second kappa shape index (κ2) is 14.5. The fourth-order valence-electron chi connectivity index (χ4n) is 3.65. The lowest BCUT2D eigenvalue weighted by Crippen LogP contribution is -2.24. The van der Waals surface area contributed by atoms with Crippen LogP contribution < -0.4 is 5.32 Å². The van der Waals surface area contributed by atoms with Gasteiger partial charge in [0.1, 0.15) is 5.82 Å². The van der Waals surface area contributed by atoms with Crippen LogP contribution in [-0.4, -0.2) is 20.7 Å². The van der Waals surface area contributed by atoms with E-state index in [0.29, 0.717) is 38.9 Å². The number of amides is 1. The first-order valence-corrected chi connectivity index (χ1v) is 13.8. The van der Waals surface area contributed by atoms with Gasteiger partial charge < -0.3 is 5.32 Å². The van der Waals surface area contributed by atoms with Crippen LogP contribution in [0, 0.1) is 5.82 Å². The number of hydrogen-bond donors (Lipinski definition) is 1. The third kappa shape index (κ3) is 8.81. The lowest BCUT2D eigenvalue weighted by molar-refractivity contribution is -0.121. The Morgan fingerprint density at radius 1 is 1.00 bits per heavy atom. The highest BCUT2D eigenvalue weighted by Gasteiger charge is 2.18. The largest absolute Gasteiger partial charge is 0.349 e. The van der Waals surface area contributed by atoms with E-state index >= 15 is 0 Å². The lowest BCUT2D eigenvalue weighted by Gasteiger charge is -2.13. The van der Waals surface area contributed by atoms with Gasteiger partial charge >= 0.3 is 0 Å². The van der Waals surface area contributed by atoms with E-state index in [9.17, 15) is 9.18 Å². The summed E-state index contributed by atoms with van der Waals surface area (Å²) in [5, 5.41) is 13.2. The van der Waals surface area contributed by atoms with Gasteiger partial charge in [-0.3, -0.25) is 9.36 Å². The van der Waals surface area contributed by atoms with E-state index in [1.54, 1.807) is 30.3 Å². The molecule has 0 aliphatic carbocycles. The molecule has 2 aromatic carbocycles. The second-order valence-electron chi connectivity index (χ2n) is 8.39. The molecule has 1 aromatic heterocycles. The fraction of sp³-hybridized carbons (Fsp3) is 0.423. The minimum atomic E-state index is -0.274. The third-order valence-corrected chi connectivity index (χ3v) is 7.12. The van der Waals surface area contributed by atoms with Crippen molar-refractivity contribution in [1.29, 1.82) is 0 Å². The average Bonchev–Trinajstić information content (AvgIpc) is 3.24. The van der Waals surface area contributed by atoms with Gasteiger partial charge in [0.25, 0.3) is 0 Å². The highest BCUT2D eigenvalue weighted by Crippen LogP contribution is 2.30. The number of hydrogen-bond acceptors (Lipinski definition) is 4. The molecule has 0 aliphatic heterocycles. The van der Waals surface area contributed by atoms with Crippen molar-refractivity contribution in [3.63, 3.8) is 0 Å². The van der Waals surface area contributed by atoms with Gasteiger partial charge in [0.05, 0.1) is 17.3 Å². The molecule has 0 radical (unpaired) electrons. The fourth-order valence-corrected chi connectivity index (χ4v) is 5.06. The highest BCUT2D eigenvalue weighted by atomic mass is 35.5. The minimum Gasteiger partial charge on any atom is -0.349 e. The second-order valence-corrected chi connectivity index (χ2v) is 10.2. The van der Waals surface area contributed by atoms with E-state index in [4.69, 9.17) is 23.2 Å². The van der Waals surface area contributed by atoms with Crippen molar-refractivity contribution in [3.05, 3.63) is 69.7 Å². The van der Waals surface area contributed by atoms with E-state index in [-0.39, 0.29) is 18.3 Å². The first-order chi connectivity index (χ1) is 17.0. The molecule has 9 heteroatoms. The molecule has 1 heterocycles. The topological polar surface area (TPSA) is 59.8 Å². The summed E-state index contributed by atoms with van der Waals surface area (Å²) in [4.78, 5) is 12.4. The Balaban J connectivity index is 1.64. The summed E-state index contributed by atoms with van der Waals surface area (Å²) < 4.78 is 15.1. The smallest absolute Gasteiger partial charge is 0.220 e. The van der Waals surface area contributed by atoms with Gasteiger partial charge in [-0.25, -0.2) is 4.39 Å². The third-order valence-electron chi connectivity index (χ3n) is 5.58. The van der Waals surface area contributed by atoms with Crippen LogP contribution in [0.1, 0.15) is 69.7 Å². The molecule has 3 aromatic rings. The Hall–Kier alpha value is -2.09. The number of carbonyl (C=O) groups is 1. The molecule has 188 valence electrons. The number of carbonyl (C=O) groups excluding carboxylic acids is 1. The number of halogens is 3. The van der Waals surface area contributed by atoms with Crippen molar-refractivity contribution in [3.8, 4) is 5.69 Å². The molecule has 0 saturated heterocycles. The van der Waals surface area contributed by atoms with E-state index in [1.165, 1.54) is 56.0 Å². The predicted molar refractivity (Wildman–Crippen MR) is 142 cm³/mol. The maximum atomic E-state index is 13.2. The molecule has 0 fully saturated rings. The molecule has 35 heavy (non-hydrogen) atoms. The summed E-state index contributed by atoms with van der Waals surface area (Å²) in [6.07, 6.45) is 8.64. The SMILES string of the molecule is CCCCCCCCCC(=O)NCc1nnc(SCc2ccc(F)cc2)n1-c1ccc(Cl)cc1Cl. The first-order valence-electron chi connectivity index (χ1n) is 12.0. The molecular formula is C26H31Cl2FN4OS. The molecule has 3 rings (SSSR count). The lowest BCUT2D eigenvalue weighted by atomic mass is 10.1. The van der Waals surface area contributed by atoms with Crippen LogP contribution in [0.25, 0.3) is 5.69 Å². The van der Waals surface area contributed by atoms with Gasteiger partial charge in [0.15, 0.2) is 11.0 Å². The molecule has 0 unspecified atom stereocenters. The number of thioether (sulfide) groups is 1. The Morgan fingerprint density at radius 2 is 1.71 bits per heavy atom. The van der Waals surface area contributed by atoms with E-state index < -0.39 is 0 Å². The van der Waals surface area contributed by atoms with Gasteiger partial charge in [-0.05, 0) is 42.3 Å². The summed E-state index contributed by atoms with van der Waals surface area (Å²) in [5.74, 6) is 0.873. The van der Waals surface area contributed by atoms with Crippen molar-refractivity contribution in [2.75, 3.05) is 0 Å². The zero-order chi connectivity index (χ0) is 25.0. The number of aromatic nitrogens is 3. The van der Waals surface area contributed by atoms with Gasteiger partial charge in [0, 0.05) is 17.2 Å². The highest BCUT2D eigenvalue weighted by molar-refractivity contribution is 7.98. The van der Waals surface area contributed by atoms with E-state index in [0.717, 1.165) is 18.4 Å². The van der Waals surface area contributed by atoms with Gasteiger partial charge in [0.2, 0.25) is 5.91 Å². The molecule has 0 atom stereocenters. The summed E-state index contributed by atoms with van der Waals surface area (Å²) in [7, 11) is 0. The van der Waals surface area contributed by atoms with Crippen LogP contribution in [-0.2, 0) is 17.1 Å². The molecule has 0 spiro atoms. The maximum absolute atomic E-state index is 13.2. The van der Waals surface area contributed by atoms with E-state index in [2.05, 4.69) is 22.4 Å². The Kier molecular flexibility index (Phi) is 11.4. The number of rotatable bonds is 14.